The highest BCUT2D eigenvalue weighted by molar-refractivity contribution is 6.30. The van der Waals surface area contributed by atoms with Crippen molar-refractivity contribution >= 4 is 11.6 Å². The number of aromatic nitrogens is 3. The first-order valence-corrected chi connectivity index (χ1v) is 6.30. The lowest BCUT2D eigenvalue weighted by molar-refractivity contribution is 0.773. The zero-order chi connectivity index (χ0) is 14.0. The topological polar surface area (TPSA) is 62.5 Å². The maximum Gasteiger partial charge on any atom is 0.136 e. The lowest BCUT2D eigenvalue weighted by Crippen LogP contribution is -2.02. The summed E-state index contributed by atoms with van der Waals surface area (Å²) in [7, 11) is 0. The Balaban J connectivity index is 2.64. The number of pyridine rings is 1. The second kappa shape index (κ2) is 5.33. The molecule has 0 aliphatic carbocycles. The van der Waals surface area contributed by atoms with Crippen molar-refractivity contribution < 1.29 is 0 Å². The Bertz CT molecular complexity index is 659. The quantitative estimate of drug-likeness (QED) is 0.785. The Morgan fingerprint density at radius 2 is 2.00 bits per heavy atom. The summed E-state index contributed by atoms with van der Waals surface area (Å²) in [6.45, 7) is 5.88. The third-order valence-corrected chi connectivity index (χ3v) is 3.13. The van der Waals surface area contributed by atoms with E-state index in [1.807, 2.05) is 20.8 Å². The minimum absolute atomic E-state index is 0.184. The number of halogens is 1. The molecule has 2 rings (SSSR count). The molecule has 0 saturated carbocycles. The first kappa shape index (κ1) is 13.4. The smallest absolute Gasteiger partial charge is 0.136 e. The molecule has 0 aromatic carbocycles. The molecule has 0 atom stereocenters. The summed E-state index contributed by atoms with van der Waals surface area (Å²) in [4.78, 5) is 12.9. The SMILES string of the molecule is Cc1c(Cl)nc(C(C)C)nc1-c1cncc(C#N)c1. The van der Waals surface area contributed by atoms with Crippen LogP contribution in [0.3, 0.4) is 0 Å². The molecule has 0 bridgehead atoms. The Hall–Kier alpha value is -1.99. The third-order valence-electron chi connectivity index (χ3n) is 2.76. The molecule has 0 amide bonds. The Kier molecular flexibility index (Phi) is 3.77. The lowest BCUT2D eigenvalue weighted by atomic mass is 10.1. The zero-order valence-electron chi connectivity index (χ0n) is 11.0. The van der Waals surface area contributed by atoms with Crippen LogP contribution in [-0.2, 0) is 0 Å². The maximum atomic E-state index is 8.93. The highest BCUT2D eigenvalue weighted by atomic mass is 35.5. The van der Waals surface area contributed by atoms with Gasteiger partial charge in [0.2, 0.25) is 0 Å². The second-order valence-electron chi connectivity index (χ2n) is 4.58. The second-order valence-corrected chi connectivity index (χ2v) is 4.93. The van der Waals surface area contributed by atoms with Crippen LogP contribution in [0.4, 0.5) is 0 Å². The van der Waals surface area contributed by atoms with Crippen molar-refractivity contribution in [3.8, 4) is 17.3 Å². The van der Waals surface area contributed by atoms with Crippen molar-refractivity contribution in [1.29, 1.82) is 5.26 Å². The van der Waals surface area contributed by atoms with E-state index < -0.39 is 0 Å². The van der Waals surface area contributed by atoms with Crippen LogP contribution in [0.15, 0.2) is 18.5 Å². The molecule has 0 saturated heterocycles. The van der Waals surface area contributed by atoms with E-state index in [9.17, 15) is 0 Å². The first-order chi connectivity index (χ1) is 9.02. The number of nitrogens with zero attached hydrogens (tertiary/aromatic N) is 4. The molecule has 0 radical (unpaired) electrons. The van der Waals surface area contributed by atoms with E-state index in [-0.39, 0.29) is 5.92 Å². The summed E-state index contributed by atoms with van der Waals surface area (Å²) >= 11 is 6.15. The number of nitriles is 1. The van der Waals surface area contributed by atoms with Crippen LogP contribution in [0, 0.1) is 18.3 Å². The van der Waals surface area contributed by atoms with Crippen molar-refractivity contribution in [2.45, 2.75) is 26.7 Å². The monoisotopic (exact) mass is 272 g/mol. The highest BCUT2D eigenvalue weighted by Crippen LogP contribution is 2.27. The van der Waals surface area contributed by atoms with Gasteiger partial charge < -0.3 is 0 Å². The zero-order valence-corrected chi connectivity index (χ0v) is 11.7. The molecule has 2 aromatic heterocycles. The van der Waals surface area contributed by atoms with Crippen LogP contribution in [0.2, 0.25) is 5.15 Å². The molecule has 96 valence electrons. The van der Waals surface area contributed by atoms with Gasteiger partial charge in [-0.2, -0.15) is 5.26 Å². The molecule has 0 aliphatic rings. The molecule has 19 heavy (non-hydrogen) atoms. The molecular weight excluding hydrogens is 260 g/mol. The number of hydrogen-bond acceptors (Lipinski definition) is 4. The van der Waals surface area contributed by atoms with Crippen LogP contribution in [0.25, 0.3) is 11.3 Å². The normalized spacial score (nSPS) is 10.5. The fourth-order valence-corrected chi connectivity index (χ4v) is 1.85. The van der Waals surface area contributed by atoms with Crippen LogP contribution in [0.1, 0.15) is 36.7 Å². The first-order valence-electron chi connectivity index (χ1n) is 5.92. The van der Waals surface area contributed by atoms with Crippen LogP contribution >= 0.6 is 11.6 Å². The molecular formula is C14H13ClN4. The van der Waals surface area contributed by atoms with Gasteiger partial charge in [-0.05, 0) is 13.0 Å². The van der Waals surface area contributed by atoms with E-state index in [0.29, 0.717) is 16.5 Å². The van der Waals surface area contributed by atoms with Crippen molar-refractivity contribution in [3.05, 3.63) is 40.6 Å². The van der Waals surface area contributed by atoms with Crippen LogP contribution < -0.4 is 0 Å². The van der Waals surface area contributed by atoms with E-state index in [2.05, 4.69) is 21.0 Å². The molecule has 0 aliphatic heterocycles. The van der Waals surface area contributed by atoms with Crippen molar-refractivity contribution in [3.63, 3.8) is 0 Å². The van der Waals surface area contributed by atoms with E-state index >= 15 is 0 Å². The molecule has 2 aromatic rings. The lowest BCUT2D eigenvalue weighted by Gasteiger charge is -2.11. The van der Waals surface area contributed by atoms with Gasteiger partial charge >= 0.3 is 0 Å². The van der Waals surface area contributed by atoms with Crippen molar-refractivity contribution in [2.75, 3.05) is 0 Å². The molecule has 0 fully saturated rings. The summed E-state index contributed by atoms with van der Waals surface area (Å²) in [5.41, 5.74) is 2.80. The molecule has 0 unspecified atom stereocenters. The van der Waals surface area contributed by atoms with Gasteiger partial charge in [0.15, 0.2) is 0 Å². The summed E-state index contributed by atoms with van der Waals surface area (Å²) < 4.78 is 0. The Labute approximate surface area is 117 Å². The predicted octanol–water partition coefficient (Wildman–Crippen LogP) is 3.50. The third kappa shape index (κ3) is 2.72. The minimum Gasteiger partial charge on any atom is -0.263 e. The van der Waals surface area contributed by atoms with Gasteiger partial charge in [-0.3, -0.25) is 4.98 Å². The summed E-state index contributed by atoms with van der Waals surface area (Å²) in [6.07, 6.45) is 3.20. The Morgan fingerprint density at radius 3 is 2.63 bits per heavy atom. The summed E-state index contributed by atoms with van der Waals surface area (Å²) in [6, 6.07) is 3.82. The van der Waals surface area contributed by atoms with E-state index in [0.717, 1.165) is 16.8 Å². The number of hydrogen-bond donors (Lipinski definition) is 0. The average Bonchev–Trinajstić information content (AvgIpc) is 2.41. The van der Waals surface area contributed by atoms with Gasteiger partial charge in [0.25, 0.3) is 0 Å². The van der Waals surface area contributed by atoms with E-state index in [4.69, 9.17) is 16.9 Å². The molecule has 5 heteroatoms. The van der Waals surface area contributed by atoms with Gasteiger partial charge in [0, 0.05) is 29.4 Å². The van der Waals surface area contributed by atoms with Crippen molar-refractivity contribution in [1.82, 2.24) is 15.0 Å². The largest absolute Gasteiger partial charge is 0.263 e. The van der Waals surface area contributed by atoms with Gasteiger partial charge in [-0.1, -0.05) is 25.4 Å². The van der Waals surface area contributed by atoms with Crippen molar-refractivity contribution in [2.24, 2.45) is 0 Å². The standard InChI is InChI=1S/C14H13ClN4/c1-8(2)14-18-12(9(3)13(15)19-14)11-4-10(5-16)6-17-7-11/h4,6-8H,1-3H3. The van der Waals surface area contributed by atoms with Crippen LogP contribution in [0.5, 0.6) is 0 Å². The van der Waals surface area contributed by atoms with E-state index in [1.54, 1.807) is 12.3 Å². The van der Waals surface area contributed by atoms with Gasteiger partial charge in [0.05, 0.1) is 11.3 Å². The van der Waals surface area contributed by atoms with Crippen LogP contribution in [-0.4, -0.2) is 15.0 Å². The molecule has 2 heterocycles. The van der Waals surface area contributed by atoms with E-state index in [1.165, 1.54) is 6.20 Å². The maximum absolute atomic E-state index is 8.93. The van der Waals surface area contributed by atoms with Gasteiger partial charge in [0.1, 0.15) is 17.0 Å². The Morgan fingerprint density at radius 1 is 1.26 bits per heavy atom. The predicted molar refractivity (Wildman–Crippen MR) is 73.8 cm³/mol. The van der Waals surface area contributed by atoms with Gasteiger partial charge in [-0.15, -0.1) is 0 Å². The summed E-state index contributed by atoms with van der Waals surface area (Å²) in [5, 5.41) is 9.37. The molecule has 4 nitrogen and oxygen atoms in total. The summed E-state index contributed by atoms with van der Waals surface area (Å²) in [5.74, 6) is 0.872. The average molecular weight is 273 g/mol. The molecule has 0 N–H and O–H groups in total. The fraction of sp³-hybridized carbons (Fsp3) is 0.286. The number of rotatable bonds is 2. The fourth-order valence-electron chi connectivity index (χ4n) is 1.68. The molecule has 0 spiro atoms. The highest BCUT2D eigenvalue weighted by Gasteiger charge is 2.13. The minimum atomic E-state index is 0.184. The van der Waals surface area contributed by atoms with Gasteiger partial charge in [-0.25, -0.2) is 9.97 Å².